The second-order valence-electron chi connectivity index (χ2n) is 6.05. The van der Waals surface area contributed by atoms with E-state index in [2.05, 4.69) is 10.1 Å². The zero-order valence-electron chi connectivity index (χ0n) is 13.8. The predicted octanol–water partition coefficient (Wildman–Crippen LogP) is 1.88. The smallest absolute Gasteiger partial charge is 0.476 e. The molecule has 1 aliphatic carbocycles. The number of carbonyl (C=O) groups is 1. The fraction of sp³-hybridized carbons (Fsp3) is 0.438. The number of rotatable bonds is 6. The summed E-state index contributed by atoms with van der Waals surface area (Å²) in [6.07, 6.45) is -1.63. The normalized spacial score (nSPS) is 21.5. The van der Waals surface area contributed by atoms with Crippen molar-refractivity contribution in [3.63, 3.8) is 0 Å². The highest BCUT2D eigenvalue weighted by Gasteiger charge is 2.31. The van der Waals surface area contributed by atoms with Gasteiger partial charge in [-0.25, -0.2) is 4.79 Å². The molecule has 1 aromatic carbocycles. The molecule has 0 amide bonds. The van der Waals surface area contributed by atoms with Gasteiger partial charge in [-0.05, 0) is 49.3 Å². The van der Waals surface area contributed by atoms with Crippen molar-refractivity contribution in [1.82, 2.24) is 10.7 Å². The Hall–Kier alpha value is -2.62. The number of aliphatic carboxylic acids is 1. The molecule has 1 aliphatic rings. The Morgan fingerprint density at radius 1 is 1.15 bits per heavy atom. The summed E-state index contributed by atoms with van der Waals surface area (Å²) in [4.78, 5) is 11.0. The quantitative estimate of drug-likeness (QED) is 0.293. The van der Waals surface area contributed by atoms with Crippen LogP contribution >= 0.6 is 0 Å². The monoisotopic (exact) mass is 374 g/mol. The third-order valence-electron chi connectivity index (χ3n) is 4.30. The fourth-order valence-electron chi connectivity index (χ4n) is 3.06. The lowest BCUT2D eigenvalue weighted by Gasteiger charge is -2.30. The van der Waals surface area contributed by atoms with E-state index in [-0.39, 0.29) is 29.2 Å². The minimum Gasteiger partial charge on any atom is -0.476 e. The van der Waals surface area contributed by atoms with Crippen LogP contribution in [0.2, 0.25) is 0 Å². The van der Waals surface area contributed by atoms with Crippen molar-refractivity contribution >= 4 is 5.97 Å². The molecular formula is C16H21F3N4O3. The number of ether oxygens (including phenoxy) is 1. The number of benzene rings is 1. The Labute approximate surface area is 148 Å². The molecule has 0 atom stereocenters. The number of nitrogens with one attached hydrogen (secondary N) is 2. The summed E-state index contributed by atoms with van der Waals surface area (Å²) in [7, 11) is 0. The summed E-state index contributed by atoms with van der Waals surface area (Å²) in [5, 5.41) is 11.9. The van der Waals surface area contributed by atoms with Gasteiger partial charge in [0.25, 0.3) is 0 Å². The Kier molecular flexibility index (Phi) is 6.19. The van der Waals surface area contributed by atoms with Crippen molar-refractivity contribution in [3.05, 3.63) is 41.3 Å². The Bertz CT molecular complexity index is 654. The van der Waals surface area contributed by atoms with E-state index >= 15 is 0 Å². The van der Waals surface area contributed by atoms with Crippen molar-refractivity contribution in [2.75, 3.05) is 0 Å². The first-order valence-corrected chi connectivity index (χ1v) is 8.01. The molecule has 0 spiro atoms. The van der Waals surface area contributed by atoms with Crippen molar-refractivity contribution in [2.45, 2.75) is 44.0 Å². The number of halogens is 3. The standard InChI is InChI=1S/C16H21F3N4O3/c17-16(18,19)26-12-7-3-10(4-8-12)9-1-5-11(6-2-9)22-14(20)13(23-21)15(24)25/h3-4,7-9,11,22-23H,1-2,5-6,20-21H2,(H,24,25)/b14-13+. The van der Waals surface area contributed by atoms with Gasteiger partial charge in [0.2, 0.25) is 0 Å². The highest BCUT2D eigenvalue weighted by Crippen LogP contribution is 2.34. The van der Waals surface area contributed by atoms with Crippen LogP contribution in [0.3, 0.4) is 0 Å². The topological polar surface area (TPSA) is 123 Å². The number of hydrazine groups is 1. The minimum atomic E-state index is -4.70. The van der Waals surface area contributed by atoms with Gasteiger partial charge >= 0.3 is 12.3 Å². The first kappa shape index (κ1) is 19.7. The maximum atomic E-state index is 12.2. The molecule has 7 N–H and O–H groups in total. The molecule has 1 saturated carbocycles. The Balaban J connectivity index is 1.91. The summed E-state index contributed by atoms with van der Waals surface area (Å²) in [5.41, 5.74) is 8.40. The maximum absolute atomic E-state index is 12.2. The minimum absolute atomic E-state index is 0.00165. The zero-order chi connectivity index (χ0) is 19.3. The summed E-state index contributed by atoms with van der Waals surface area (Å²) in [6, 6.07) is 5.88. The molecule has 0 unspecified atom stereocenters. The summed E-state index contributed by atoms with van der Waals surface area (Å²) in [6.45, 7) is 0. The van der Waals surface area contributed by atoms with E-state index in [4.69, 9.17) is 16.7 Å². The van der Waals surface area contributed by atoms with Gasteiger partial charge in [0.1, 0.15) is 11.6 Å². The molecule has 0 heterocycles. The van der Waals surface area contributed by atoms with Crippen LogP contribution < -0.4 is 27.1 Å². The van der Waals surface area contributed by atoms with Crippen LogP contribution in [-0.2, 0) is 4.79 Å². The van der Waals surface area contributed by atoms with E-state index in [0.717, 1.165) is 31.2 Å². The molecule has 7 nitrogen and oxygen atoms in total. The molecule has 144 valence electrons. The van der Waals surface area contributed by atoms with Gasteiger partial charge < -0.3 is 26.3 Å². The highest BCUT2D eigenvalue weighted by atomic mass is 19.4. The van der Waals surface area contributed by atoms with E-state index in [1.54, 1.807) is 12.1 Å². The molecule has 26 heavy (non-hydrogen) atoms. The third-order valence-corrected chi connectivity index (χ3v) is 4.30. The largest absolute Gasteiger partial charge is 0.573 e. The SMILES string of the molecule is NN/C(C(=O)O)=C(\N)NC1CCC(c2ccc(OC(F)(F)F)cc2)CC1. The van der Waals surface area contributed by atoms with Crippen LogP contribution in [0.4, 0.5) is 13.2 Å². The summed E-state index contributed by atoms with van der Waals surface area (Å²) < 4.78 is 40.4. The van der Waals surface area contributed by atoms with E-state index in [1.165, 1.54) is 12.1 Å². The second-order valence-corrected chi connectivity index (χ2v) is 6.05. The Morgan fingerprint density at radius 2 is 1.73 bits per heavy atom. The van der Waals surface area contributed by atoms with E-state index in [0.29, 0.717) is 0 Å². The first-order valence-electron chi connectivity index (χ1n) is 8.01. The number of carboxylic acids is 1. The Morgan fingerprint density at radius 3 is 2.19 bits per heavy atom. The molecule has 0 radical (unpaired) electrons. The van der Waals surface area contributed by atoms with Gasteiger partial charge in [0.05, 0.1) is 0 Å². The van der Waals surface area contributed by atoms with Crippen LogP contribution in [-0.4, -0.2) is 23.5 Å². The number of hydrogen-bond donors (Lipinski definition) is 5. The van der Waals surface area contributed by atoms with Crippen molar-refractivity contribution < 1.29 is 27.8 Å². The second kappa shape index (κ2) is 8.17. The van der Waals surface area contributed by atoms with Gasteiger partial charge in [-0.3, -0.25) is 5.84 Å². The molecular weight excluding hydrogens is 353 g/mol. The first-order chi connectivity index (χ1) is 12.2. The van der Waals surface area contributed by atoms with E-state index in [9.17, 15) is 18.0 Å². The molecule has 0 aliphatic heterocycles. The average Bonchev–Trinajstić information content (AvgIpc) is 2.55. The van der Waals surface area contributed by atoms with Crippen LogP contribution in [0.15, 0.2) is 35.8 Å². The predicted molar refractivity (Wildman–Crippen MR) is 87.4 cm³/mol. The molecule has 2 rings (SSSR count). The van der Waals surface area contributed by atoms with Crippen LogP contribution in [0.25, 0.3) is 0 Å². The molecule has 1 aromatic rings. The maximum Gasteiger partial charge on any atom is 0.573 e. The summed E-state index contributed by atoms with van der Waals surface area (Å²) >= 11 is 0. The lowest BCUT2D eigenvalue weighted by atomic mass is 9.82. The fourth-order valence-corrected chi connectivity index (χ4v) is 3.06. The molecule has 0 saturated heterocycles. The average molecular weight is 374 g/mol. The molecule has 0 bridgehead atoms. The van der Waals surface area contributed by atoms with Gasteiger partial charge in [-0.1, -0.05) is 12.1 Å². The zero-order valence-corrected chi connectivity index (χ0v) is 13.8. The van der Waals surface area contributed by atoms with E-state index in [1.807, 2.05) is 5.43 Å². The van der Waals surface area contributed by atoms with Crippen molar-refractivity contribution in [2.24, 2.45) is 11.6 Å². The van der Waals surface area contributed by atoms with Gasteiger partial charge in [-0.15, -0.1) is 13.2 Å². The third kappa shape index (κ3) is 5.45. The highest BCUT2D eigenvalue weighted by molar-refractivity contribution is 5.86. The number of nitrogens with two attached hydrogens (primary N) is 2. The lowest BCUT2D eigenvalue weighted by molar-refractivity contribution is -0.274. The number of alkyl halides is 3. The van der Waals surface area contributed by atoms with Crippen molar-refractivity contribution in [1.29, 1.82) is 0 Å². The van der Waals surface area contributed by atoms with Crippen molar-refractivity contribution in [3.8, 4) is 5.75 Å². The number of carboxylic acid groups (broad SMARTS) is 1. The van der Waals surface area contributed by atoms with Crippen LogP contribution in [0, 0.1) is 0 Å². The van der Waals surface area contributed by atoms with Crippen LogP contribution in [0.5, 0.6) is 5.75 Å². The molecule has 0 aromatic heterocycles. The van der Waals surface area contributed by atoms with Gasteiger partial charge in [-0.2, -0.15) is 0 Å². The van der Waals surface area contributed by atoms with Gasteiger partial charge in [0.15, 0.2) is 5.70 Å². The number of hydrogen-bond acceptors (Lipinski definition) is 6. The van der Waals surface area contributed by atoms with E-state index < -0.39 is 12.3 Å². The summed E-state index contributed by atoms with van der Waals surface area (Å²) in [5.74, 6) is 3.82. The van der Waals surface area contributed by atoms with Gasteiger partial charge in [0, 0.05) is 6.04 Å². The lowest BCUT2D eigenvalue weighted by Crippen LogP contribution is -2.40. The molecule has 1 fully saturated rings. The molecule has 10 heteroatoms. The van der Waals surface area contributed by atoms with Crippen LogP contribution in [0.1, 0.15) is 37.2 Å².